The van der Waals surface area contributed by atoms with Gasteiger partial charge in [-0.15, -0.1) is 12.4 Å². The van der Waals surface area contributed by atoms with Crippen molar-refractivity contribution in [2.24, 2.45) is 0 Å². The van der Waals surface area contributed by atoms with E-state index in [2.05, 4.69) is 0 Å². The molecule has 0 aliphatic heterocycles. The number of carboxylic acid groups (broad SMARTS) is 1. The first-order valence-corrected chi connectivity index (χ1v) is 1.62. The average molecular weight is 143 g/mol. The Morgan fingerprint density at radius 3 is 1.62 bits per heavy atom. The molecule has 0 heterocycles. The fourth-order valence-electron chi connectivity index (χ4n) is 0. The summed E-state index contributed by atoms with van der Waals surface area (Å²) in [5, 5.41) is 23.9. The Labute approximate surface area is 52.2 Å². The molecule has 0 bridgehead atoms. The van der Waals surface area contributed by atoms with Crippen LogP contribution in [0.2, 0.25) is 0 Å². The van der Waals surface area contributed by atoms with Crippen LogP contribution in [0.4, 0.5) is 0 Å². The van der Waals surface area contributed by atoms with E-state index in [1.54, 1.807) is 0 Å². The van der Waals surface area contributed by atoms with Gasteiger partial charge in [-0.1, -0.05) is 0 Å². The number of hydrogen-bond acceptors (Lipinski definition) is 3. The number of carboxylic acids is 1. The van der Waals surface area contributed by atoms with E-state index in [0.717, 1.165) is 6.92 Å². The Morgan fingerprint density at radius 2 is 1.62 bits per heavy atom. The molecule has 50 valence electrons. The normalized spacial score (nSPS) is 9.88. The molecule has 0 radical (unpaired) electrons. The summed E-state index contributed by atoms with van der Waals surface area (Å²) in [6.07, 6.45) is 0. The lowest BCUT2D eigenvalue weighted by molar-refractivity contribution is -0.196. The standard InChI is InChI=1S/C3H6O4.ClH/c1-3(6,7)2(4)5;/h6-7H,1H3,(H,4,5);1H. The Hall–Kier alpha value is -0.320. The van der Waals surface area contributed by atoms with Crippen LogP contribution in [0.5, 0.6) is 0 Å². The highest BCUT2D eigenvalue weighted by Crippen LogP contribution is 1.93. The van der Waals surface area contributed by atoms with Crippen LogP contribution in [-0.4, -0.2) is 27.1 Å². The number of carbonyl (C=O) groups is 1. The smallest absolute Gasteiger partial charge is 0.363 e. The molecule has 0 unspecified atom stereocenters. The molecule has 0 aliphatic carbocycles. The predicted molar refractivity (Wildman–Crippen MR) is 27.7 cm³/mol. The van der Waals surface area contributed by atoms with Crippen molar-refractivity contribution in [1.82, 2.24) is 0 Å². The summed E-state index contributed by atoms with van der Waals surface area (Å²) < 4.78 is 0. The van der Waals surface area contributed by atoms with Crippen LogP contribution in [0.3, 0.4) is 0 Å². The van der Waals surface area contributed by atoms with Gasteiger partial charge >= 0.3 is 5.97 Å². The number of rotatable bonds is 1. The van der Waals surface area contributed by atoms with E-state index < -0.39 is 11.8 Å². The summed E-state index contributed by atoms with van der Waals surface area (Å²) in [5.74, 6) is -4.23. The van der Waals surface area contributed by atoms with Gasteiger partial charge in [0.15, 0.2) is 0 Å². The molecule has 0 atom stereocenters. The summed E-state index contributed by atoms with van der Waals surface area (Å²) in [4.78, 5) is 9.52. The molecule has 0 aromatic rings. The molecule has 5 heteroatoms. The molecule has 0 aromatic carbocycles. The summed E-state index contributed by atoms with van der Waals surface area (Å²) in [5.41, 5.74) is 0. The van der Waals surface area contributed by atoms with E-state index in [1.807, 2.05) is 0 Å². The molecule has 0 amide bonds. The summed E-state index contributed by atoms with van der Waals surface area (Å²) in [7, 11) is 0. The number of aliphatic carboxylic acids is 1. The van der Waals surface area contributed by atoms with E-state index in [9.17, 15) is 4.79 Å². The highest BCUT2D eigenvalue weighted by atomic mass is 35.5. The average Bonchev–Trinajstić information content (AvgIpc) is 1.31. The van der Waals surface area contributed by atoms with E-state index in [1.165, 1.54) is 0 Å². The molecular weight excluding hydrogens is 135 g/mol. The van der Waals surface area contributed by atoms with Crippen LogP contribution in [0.15, 0.2) is 0 Å². The second-order valence-corrected chi connectivity index (χ2v) is 1.33. The van der Waals surface area contributed by atoms with Crippen molar-refractivity contribution in [3.63, 3.8) is 0 Å². The van der Waals surface area contributed by atoms with Gasteiger partial charge in [0.1, 0.15) is 0 Å². The molecule has 0 spiro atoms. The van der Waals surface area contributed by atoms with Crippen LogP contribution in [-0.2, 0) is 4.79 Å². The van der Waals surface area contributed by atoms with Crippen LogP contribution < -0.4 is 0 Å². The number of aliphatic hydroxyl groups is 2. The molecule has 4 nitrogen and oxygen atoms in total. The lowest BCUT2D eigenvalue weighted by Crippen LogP contribution is -2.33. The number of hydrogen-bond donors (Lipinski definition) is 3. The molecule has 0 saturated carbocycles. The third kappa shape index (κ3) is 3.86. The molecule has 0 saturated heterocycles. The summed E-state index contributed by atoms with van der Waals surface area (Å²) in [6.45, 7) is 0.773. The van der Waals surface area contributed by atoms with Gasteiger partial charge in [0, 0.05) is 6.92 Å². The third-order valence-electron chi connectivity index (χ3n) is 0.405. The molecule has 3 N–H and O–H groups in total. The van der Waals surface area contributed by atoms with E-state index in [0.29, 0.717) is 0 Å². The van der Waals surface area contributed by atoms with Gasteiger partial charge in [0.05, 0.1) is 0 Å². The molecular formula is C3H7ClO4. The third-order valence-corrected chi connectivity index (χ3v) is 0.405. The van der Waals surface area contributed by atoms with Gasteiger partial charge in [-0.2, -0.15) is 0 Å². The highest BCUT2D eigenvalue weighted by Gasteiger charge is 2.24. The Bertz CT molecular complexity index is 83.8. The first-order chi connectivity index (χ1) is 2.94. The Kier molecular flexibility index (Phi) is 3.80. The van der Waals surface area contributed by atoms with Gasteiger partial charge in [-0.25, -0.2) is 4.79 Å². The second kappa shape index (κ2) is 2.86. The lowest BCUT2D eigenvalue weighted by atomic mass is 10.3. The van der Waals surface area contributed by atoms with E-state index >= 15 is 0 Å². The lowest BCUT2D eigenvalue weighted by Gasteiger charge is -2.06. The Balaban J connectivity index is 0. The fraction of sp³-hybridized carbons (Fsp3) is 0.667. The summed E-state index contributed by atoms with van der Waals surface area (Å²) in [6, 6.07) is 0. The van der Waals surface area contributed by atoms with Crippen LogP contribution in [0.1, 0.15) is 6.92 Å². The van der Waals surface area contributed by atoms with Crippen LogP contribution in [0, 0.1) is 0 Å². The zero-order valence-corrected chi connectivity index (χ0v) is 4.97. The maximum atomic E-state index is 9.52. The Morgan fingerprint density at radius 1 is 1.50 bits per heavy atom. The summed E-state index contributed by atoms with van der Waals surface area (Å²) >= 11 is 0. The minimum absolute atomic E-state index is 0. The van der Waals surface area contributed by atoms with Crippen LogP contribution in [0.25, 0.3) is 0 Å². The first kappa shape index (κ1) is 10.6. The van der Waals surface area contributed by atoms with Gasteiger partial charge in [0.25, 0.3) is 5.79 Å². The maximum absolute atomic E-state index is 9.52. The highest BCUT2D eigenvalue weighted by molar-refractivity contribution is 5.85. The zero-order chi connectivity index (χ0) is 6.08. The van der Waals surface area contributed by atoms with Gasteiger partial charge in [-0.3, -0.25) is 0 Å². The topological polar surface area (TPSA) is 77.8 Å². The maximum Gasteiger partial charge on any atom is 0.363 e. The largest absolute Gasteiger partial charge is 0.477 e. The van der Waals surface area contributed by atoms with Crippen LogP contribution >= 0.6 is 12.4 Å². The number of halogens is 1. The molecule has 8 heavy (non-hydrogen) atoms. The minimum atomic E-state index is -2.58. The first-order valence-electron chi connectivity index (χ1n) is 1.62. The monoisotopic (exact) mass is 142 g/mol. The molecule has 0 aliphatic rings. The van der Waals surface area contributed by atoms with Crippen molar-refractivity contribution < 1.29 is 20.1 Å². The zero-order valence-electron chi connectivity index (χ0n) is 4.16. The van der Waals surface area contributed by atoms with E-state index in [-0.39, 0.29) is 12.4 Å². The van der Waals surface area contributed by atoms with Crippen molar-refractivity contribution in [2.75, 3.05) is 0 Å². The quantitative estimate of drug-likeness (QED) is 0.419. The minimum Gasteiger partial charge on any atom is -0.477 e. The molecule has 0 fully saturated rings. The van der Waals surface area contributed by atoms with Gasteiger partial charge in [-0.05, 0) is 0 Å². The van der Waals surface area contributed by atoms with Gasteiger partial charge < -0.3 is 15.3 Å². The van der Waals surface area contributed by atoms with Crippen molar-refractivity contribution >= 4 is 18.4 Å². The van der Waals surface area contributed by atoms with E-state index in [4.69, 9.17) is 15.3 Å². The predicted octanol–water partition coefficient (Wildman–Crippen LogP) is -0.806. The second-order valence-electron chi connectivity index (χ2n) is 1.33. The van der Waals surface area contributed by atoms with Crippen molar-refractivity contribution in [3.8, 4) is 0 Å². The SMILES string of the molecule is CC(O)(O)C(=O)O.Cl. The van der Waals surface area contributed by atoms with Gasteiger partial charge in [0.2, 0.25) is 0 Å². The van der Waals surface area contributed by atoms with Crippen molar-refractivity contribution in [2.45, 2.75) is 12.7 Å². The molecule has 0 rings (SSSR count). The fourth-order valence-corrected chi connectivity index (χ4v) is 0. The van der Waals surface area contributed by atoms with Crippen molar-refractivity contribution in [3.05, 3.63) is 0 Å². The van der Waals surface area contributed by atoms with Crippen molar-refractivity contribution in [1.29, 1.82) is 0 Å². The molecule has 0 aromatic heterocycles.